The standard InChI is InChI=1S/C16H23NO/c1-4-14-5-7-15(8-6-14)16(18)17-10-12(2)9-13(3)11-17/h5-8,12-13H,4,9-11H2,1-3H3. The molecule has 1 amide bonds. The molecule has 1 aromatic carbocycles. The molecule has 2 rings (SSSR count). The molecule has 1 aliphatic rings. The molecule has 0 aliphatic carbocycles. The van der Waals surface area contributed by atoms with Gasteiger partial charge in [0, 0.05) is 18.7 Å². The van der Waals surface area contributed by atoms with E-state index in [1.54, 1.807) is 0 Å². The van der Waals surface area contributed by atoms with Crippen molar-refractivity contribution >= 4 is 5.91 Å². The molecule has 0 saturated carbocycles. The molecule has 18 heavy (non-hydrogen) atoms. The van der Waals surface area contributed by atoms with E-state index in [-0.39, 0.29) is 5.91 Å². The first-order valence-electron chi connectivity index (χ1n) is 6.98. The minimum atomic E-state index is 0.191. The SMILES string of the molecule is CCc1ccc(C(=O)N2CC(C)CC(C)C2)cc1. The normalized spacial score (nSPS) is 24.1. The average molecular weight is 245 g/mol. The maximum absolute atomic E-state index is 12.4. The van der Waals surface area contributed by atoms with Crippen LogP contribution in [0.2, 0.25) is 0 Å². The summed E-state index contributed by atoms with van der Waals surface area (Å²) in [6.07, 6.45) is 2.25. The Morgan fingerprint density at radius 2 is 1.72 bits per heavy atom. The fourth-order valence-corrected chi connectivity index (χ4v) is 2.89. The van der Waals surface area contributed by atoms with Crippen LogP contribution in [0.15, 0.2) is 24.3 Å². The van der Waals surface area contributed by atoms with Crippen LogP contribution in [0.1, 0.15) is 43.1 Å². The number of hydrogen-bond acceptors (Lipinski definition) is 1. The number of rotatable bonds is 2. The van der Waals surface area contributed by atoms with E-state index in [9.17, 15) is 4.79 Å². The van der Waals surface area contributed by atoms with Crippen molar-refractivity contribution in [2.24, 2.45) is 11.8 Å². The van der Waals surface area contributed by atoms with Gasteiger partial charge in [0.05, 0.1) is 0 Å². The summed E-state index contributed by atoms with van der Waals surface area (Å²) in [6.45, 7) is 8.40. The molecule has 1 heterocycles. The molecule has 2 nitrogen and oxygen atoms in total. The van der Waals surface area contributed by atoms with Crippen LogP contribution < -0.4 is 0 Å². The lowest BCUT2D eigenvalue weighted by Gasteiger charge is -2.35. The van der Waals surface area contributed by atoms with E-state index < -0.39 is 0 Å². The summed E-state index contributed by atoms with van der Waals surface area (Å²) in [6, 6.07) is 8.05. The van der Waals surface area contributed by atoms with E-state index >= 15 is 0 Å². The van der Waals surface area contributed by atoms with Crippen molar-refractivity contribution in [3.63, 3.8) is 0 Å². The number of hydrogen-bond donors (Lipinski definition) is 0. The molecule has 1 fully saturated rings. The van der Waals surface area contributed by atoms with Crippen molar-refractivity contribution in [1.82, 2.24) is 4.90 Å². The van der Waals surface area contributed by atoms with Crippen LogP contribution in [0, 0.1) is 11.8 Å². The Kier molecular flexibility index (Phi) is 4.05. The number of likely N-dealkylation sites (tertiary alicyclic amines) is 1. The zero-order chi connectivity index (χ0) is 13.1. The molecule has 0 spiro atoms. The summed E-state index contributed by atoms with van der Waals surface area (Å²) in [5.74, 6) is 1.43. The molecule has 2 heteroatoms. The van der Waals surface area contributed by atoms with Gasteiger partial charge in [-0.05, 0) is 42.4 Å². The van der Waals surface area contributed by atoms with Crippen LogP contribution >= 0.6 is 0 Å². The van der Waals surface area contributed by atoms with E-state index in [1.807, 2.05) is 17.0 Å². The molecule has 1 saturated heterocycles. The van der Waals surface area contributed by atoms with Crippen LogP contribution in [0.3, 0.4) is 0 Å². The Hall–Kier alpha value is -1.31. The third-order valence-electron chi connectivity index (χ3n) is 3.77. The Bertz CT molecular complexity index is 400. The first kappa shape index (κ1) is 13.1. The lowest BCUT2D eigenvalue weighted by atomic mass is 9.91. The van der Waals surface area contributed by atoms with Gasteiger partial charge in [-0.2, -0.15) is 0 Å². The number of piperidine rings is 1. The maximum Gasteiger partial charge on any atom is 0.253 e. The van der Waals surface area contributed by atoms with Crippen molar-refractivity contribution in [2.45, 2.75) is 33.6 Å². The van der Waals surface area contributed by atoms with Crippen molar-refractivity contribution < 1.29 is 4.79 Å². The number of aryl methyl sites for hydroxylation is 1. The fraction of sp³-hybridized carbons (Fsp3) is 0.562. The molecule has 0 N–H and O–H groups in total. The van der Waals surface area contributed by atoms with Gasteiger partial charge in [-0.1, -0.05) is 32.9 Å². The van der Waals surface area contributed by atoms with Gasteiger partial charge in [0.1, 0.15) is 0 Å². The molecular formula is C16H23NO. The van der Waals surface area contributed by atoms with E-state index in [1.165, 1.54) is 12.0 Å². The van der Waals surface area contributed by atoms with Gasteiger partial charge < -0.3 is 4.90 Å². The number of carbonyl (C=O) groups excluding carboxylic acids is 1. The lowest BCUT2D eigenvalue weighted by Crippen LogP contribution is -2.42. The van der Waals surface area contributed by atoms with Gasteiger partial charge in [-0.3, -0.25) is 4.79 Å². The van der Waals surface area contributed by atoms with Crippen LogP contribution in [0.5, 0.6) is 0 Å². The molecule has 1 aliphatic heterocycles. The maximum atomic E-state index is 12.4. The van der Waals surface area contributed by atoms with Gasteiger partial charge in [-0.15, -0.1) is 0 Å². The van der Waals surface area contributed by atoms with Gasteiger partial charge in [0.15, 0.2) is 0 Å². The van der Waals surface area contributed by atoms with Gasteiger partial charge in [-0.25, -0.2) is 0 Å². The quantitative estimate of drug-likeness (QED) is 0.782. The zero-order valence-corrected chi connectivity index (χ0v) is 11.6. The van der Waals surface area contributed by atoms with Crippen LogP contribution in [0.4, 0.5) is 0 Å². The van der Waals surface area contributed by atoms with E-state index in [0.717, 1.165) is 25.1 Å². The molecule has 98 valence electrons. The second-order valence-corrected chi connectivity index (χ2v) is 5.71. The Morgan fingerprint density at radius 3 is 2.22 bits per heavy atom. The predicted octanol–water partition coefficient (Wildman–Crippen LogP) is 3.37. The van der Waals surface area contributed by atoms with Crippen LogP contribution in [-0.2, 0) is 6.42 Å². The number of benzene rings is 1. The Labute approximate surface area is 110 Å². The molecule has 0 radical (unpaired) electrons. The van der Waals surface area contributed by atoms with Crippen molar-refractivity contribution in [1.29, 1.82) is 0 Å². The van der Waals surface area contributed by atoms with E-state index in [4.69, 9.17) is 0 Å². The number of nitrogens with zero attached hydrogens (tertiary/aromatic N) is 1. The lowest BCUT2D eigenvalue weighted by molar-refractivity contribution is 0.0623. The van der Waals surface area contributed by atoms with Gasteiger partial charge in [0.25, 0.3) is 5.91 Å². The largest absolute Gasteiger partial charge is 0.338 e. The smallest absolute Gasteiger partial charge is 0.253 e. The monoisotopic (exact) mass is 245 g/mol. The highest BCUT2D eigenvalue weighted by Gasteiger charge is 2.25. The van der Waals surface area contributed by atoms with Crippen LogP contribution in [0.25, 0.3) is 0 Å². The first-order valence-corrected chi connectivity index (χ1v) is 6.98. The highest BCUT2D eigenvalue weighted by Crippen LogP contribution is 2.22. The second kappa shape index (κ2) is 5.55. The zero-order valence-electron chi connectivity index (χ0n) is 11.6. The third-order valence-corrected chi connectivity index (χ3v) is 3.77. The summed E-state index contributed by atoms with van der Waals surface area (Å²) in [5.41, 5.74) is 2.11. The summed E-state index contributed by atoms with van der Waals surface area (Å²) < 4.78 is 0. The minimum absolute atomic E-state index is 0.191. The van der Waals surface area contributed by atoms with Crippen molar-refractivity contribution in [3.05, 3.63) is 35.4 Å². The molecule has 2 unspecified atom stereocenters. The second-order valence-electron chi connectivity index (χ2n) is 5.71. The fourth-order valence-electron chi connectivity index (χ4n) is 2.89. The summed E-state index contributed by atoms with van der Waals surface area (Å²) in [7, 11) is 0. The average Bonchev–Trinajstić information content (AvgIpc) is 2.37. The molecule has 2 atom stereocenters. The highest BCUT2D eigenvalue weighted by atomic mass is 16.2. The van der Waals surface area contributed by atoms with Gasteiger partial charge in [0.2, 0.25) is 0 Å². The number of amides is 1. The number of carbonyl (C=O) groups is 1. The predicted molar refractivity (Wildman–Crippen MR) is 74.7 cm³/mol. The minimum Gasteiger partial charge on any atom is -0.338 e. The molecule has 0 bridgehead atoms. The highest BCUT2D eigenvalue weighted by molar-refractivity contribution is 5.94. The first-order chi connectivity index (χ1) is 8.60. The summed E-state index contributed by atoms with van der Waals surface area (Å²) >= 11 is 0. The summed E-state index contributed by atoms with van der Waals surface area (Å²) in [4.78, 5) is 14.4. The molecular weight excluding hydrogens is 222 g/mol. The Morgan fingerprint density at radius 1 is 1.17 bits per heavy atom. The van der Waals surface area contributed by atoms with Crippen molar-refractivity contribution in [3.8, 4) is 0 Å². The van der Waals surface area contributed by atoms with Gasteiger partial charge >= 0.3 is 0 Å². The Balaban J connectivity index is 2.09. The van der Waals surface area contributed by atoms with Crippen LogP contribution in [-0.4, -0.2) is 23.9 Å². The van der Waals surface area contributed by atoms with E-state index in [2.05, 4.69) is 32.9 Å². The van der Waals surface area contributed by atoms with E-state index in [0.29, 0.717) is 11.8 Å². The molecule has 1 aromatic rings. The van der Waals surface area contributed by atoms with Crippen molar-refractivity contribution in [2.75, 3.05) is 13.1 Å². The topological polar surface area (TPSA) is 20.3 Å². The summed E-state index contributed by atoms with van der Waals surface area (Å²) in [5, 5.41) is 0. The third kappa shape index (κ3) is 2.92. The molecule has 0 aromatic heterocycles.